The Morgan fingerprint density at radius 3 is 2.73 bits per heavy atom. The number of aryl methyl sites for hydroxylation is 1. The third-order valence-electron chi connectivity index (χ3n) is 3.47. The highest BCUT2D eigenvalue weighted by molar-refractivity contribution is 6.37. The van der Waals surface area contributed by atoms with Gasteiger partial charge in [0, 0.05) is 18.3 Å². The molecule has 0 atom stereocenters. The third-order valence-corrected chi connectivity index (χ3v) is 4.02. The summed E-state index contributed by atoms with van der Waals surface area (Å²) in [6, 6.07) is 8.00. The van der Waals surface area contributed by atoms with E-state index in [0.29, 0.717) is 10.8 Å². The molecule has 26 heavy (non-hydrogen) atoms. The highest BCUT2D eigenvalue weighted by Crippen LogP contribution is 2.23. The van der Waals surface area contributed by atoms with Crippen LogP contribution < -0.4 is 10.6 Å². The molecule has 0 bridgehead atoms. The molecule has 0 saturated heterocycles. The first-order valence-electron chi connectivity index (χ1n) is 7.54. The summed E-state index contributed by atoms with van der Waals surface area (Å²) in [5.74, 6) is -0.313. The number of furan rings is 1. The molecule has 0 aliphatic carbocycles. The highest BCUT2D eigenvalue weighted by Gasteiger charge is 2.20. The SMILES string of the molecule is Cn1cc(NC(=O)c2ccc(Cl)cc2Cl)c(C(=O)NCc2ccco2)n1. The minimum absolute atomic E-state index is 0.0810. The van der Waals surface area contributed by atoms with E-state index in [1.54, 1.807) is 25.2 Å². The zero-order valence-electron chi connectivity index (χ0n) is 13.6. The van der Waals surface area contributed by atoms with E-state index in [4.69, 9.17) is 27.6 Å². The second-order valence-corrected chi connectivity index (χ2v) is 6.25. The molecule has 2 aromatic heterocycles. The number of anilines is 1. The summed E-state index contributed by atoms with van der Waals surface area (Å²) in [7, 11) is 1.65. The first kappa shape index (κ1) is 18.0. The Kier molecular flexibility index (Phi) is 5.29. The minimum Gasteiger partial charge on any atom is -0.467 e. The number of halogens is 2. The number of rotatable bonds is 5. The summed E-state index contributed by atoms with van der Waals surface area (Å²) in [4.78, 5) is 24.8. The van der Waals surface area contributed by atoms with Crippen LogP contribution in [0.15, 0.2) is 47.2 Å². The lowest BCUT2D eigenvalue weighted by molar-refractivity contribution is 0.0943. The Balaban J connectivity index is 1.76. The number of amides is 2. The van der Waals surface area contributed by atoms with Gasteiger partial charge in [-0.1, -0.05) is 23.2 Å². The molecule has 3 aromatic rings. The molecule has 7 nitrogen and oxygen atoms in total. The van der Waals surface area contributed by atoms with E-state index in [-0.39, 0.29) is 28.5 Å². The molecule has 2 heterocycles. The first-order chi connectivity index (χ1) is 12.4. The normalized spacial score (nSPS) is 10.6. The van der Waals surface area contributed by atoms with Crippen LogP contribution in [-0.4, -0.2) is 21.6 Å². The largest absolute Gasteiger partial charge is 0.467 e. The summed E-state index contributed by atoms with van der Waals surface area (Å²) < 4.78 is 6.60. The van der Waals surface area contributed by atoms with Gasteiger partial charge in [-0.05, 0) is 30.3 Å². The van der Waals surface area contributed by atoms with Gasteiger partial charge in [0.25, 0.3) is 11.8 Å². The summed E-state index contributed by atoms with van der Waals surface area (Å²) in [5.41, 5.74) is 0.583. The second-order valence-electron chi connectivity index (χ2n) is 5.41. The van der Waals surface area contributed by atoms with Crippen LogP contribution in [0.25, 0.3) is 0 Å². The predicted octanol–water partition coefficient (Wildman–Crippen LogP) is 3.50. The van der Waals surface area contributed by atoms with Crippen molar-refractivity contribution >= 4 is 40.7 Å². The molecule has 0 radical (unpaired) electrons. The van der Waals surface area contributed by atoms with Crippen LogP contribution in [0.2, 0.25) is 10.0 Å². The molecule has 0 fully saturated rings. The van der Waals surface area contributed by atoms with Gasteiger partial charge in [0.1, 0.15) is 5.76 Å². The van der Waals surface area contributed by atoms with Crippen LogP contribution >= 0.6 is 23.2 Å². The number of nitrogens with one attached hydrogen (secondary N) is 2. The molecule has 3 rings (SSSR count). The fourth-order valence-corrected chi connectivity index (χ4v) is 2.77. The quantitative estimate of drug-likeness (QED) is 0.695. The molecule has 2 N–H and O–H groups in total. The van der Waals surface area contributed by atoms with Crippen molar-refractivity contribution in [3.63, 3.8) is 0 Å². The maximum Gasteiger partial charge on any atom is 0.274 e. The second kappa shape index (κ2) is 7.63. The lowest BCUT2D eigenvalue weighted by atomic mass is 10.2. The van der Waals surface area contributed by atoms with Crippen molar-refractivity contribution < 1.29 is 14.0 Å². The topological polar surface area (TPSA) is 89.2 Å². The van der Waals surface area contributed by atoms with Crippen molar-refractivity contribution in [2.75, 3.05) is 5.32 Å². The van der Waals surface area contributed by atoms with E-state index in [1.807, 2.05) is 0 Å². The fourth-order valence-electron chi connectivity index (χ4n) is 2.28. The van der Waals surface area contributed by atoms with Gasteiger partial charge in [-0.25, -0.2) is 0 Å². The van der Waals surface area contributed by atoms with Gasteiger partial charge in [-0.3, -0.25) is 14.3 Å². The van der Waals surface area contributed by atoms with Crippen LogP contribution in [0.3, 0.4) is 0 Å². The highest BCUT2D eigenvalue weighted by atomic mass is 35.5. The summed E-state index contributed by atoms with van der Waals surface area (Å²) in [6.45, 7) is 0.207. The lowest BCUT2D eigenvalue weighted by Crippen LogP contribution is -2.25. The third kappa shape index (κ3) is 4.07. The van der Waals surface area contributed by atoms with Crippen molar-refractivity contribution in [1.29, 1.82) is 0 Å². The zero-order valence-corrected chi connectivity index (χ0v) is 15.1. The molecule has 0 aliphatic rings. The molecule has 2 amide bonds. The van der Waals surface area contributed by atoms with Crippen LogP contribution in [-0.2, 0) is 13.6 Å². The van der Waals surface area contributed by atoms with Gasteiger partial charge >= 0.3 is 0 Å². The molecule has 0 spiro atoms. The van der Waals surface area contributed by atoms with Crippen LogP contribution in [0, 0.1) is 0 Å². The van der Waals surface area contributed by atoms with Gasteiger partial charge in [0.05, 0.1) is 29.1 Å². The van der Waals surface area contributed by atoms with E-state index in [2.05, 4.69) is 15.7 Å². The Bertz CT molecular complexity index is 951. The average molecular weight is 393 g/mol. The van der Waals surface area contributed by atoms with Gasteiger partial charge in [0.2, 0.25) is 0 Å². The molecular weight excluding hydrogens is 379 g/mol. The Hall–Kier alpha value is -2.77. The zero-order chi connectivity index (χ0) is 18.7. The first-order valence-corrected chi connectivity index (χ1v) is 8.30. The van der Waals surface area contributed by atoms with Gasteiger partial charge in [-0.15, -0.1) is 0 Å². The van der Waals surface area contributed by atoms with E-state index >= 15 is 0 Å². The number of carbonyl (C=O) groups excluding carboxylic acids is 2. The van der Waals surface area contributed by atoms with Gasteiger partial charge in [-0.2, -0.15) is 5.10 Å². The lowest BCUT2D eigenvalue weighted by Gasteiger charge is -2.07. The number of aromatic nitrogens is 2. The predicted molar refractivity (Wildman–Crippen MR) is 97.5 cm³/mol. The van der Waals surface area contributed by atoms with Gasteiger partial charge in [0.15, 0.2) is 5.69 Å². The molecular formula is C17H14Cl2N4O3. The van der Waals surface area contributed by atoms with Crippen molar-refractivity contribution in [3.8, 4) is 0 Å². The Morgan fingerprint density at radius 2 is 2.04 bits per heavy atom. The monoisotopic (exact) mass is 392 g/mol. The van der Waals surface area contributed by atoms with E-state index in [0.717, 1.165) is 0 Å². The molecule has 1 aromatic carbocycles. The molecule has 0 aliphatic heterocycles. The van der Waals surface area contributed by atoms with Gasteiger partial charge < -0.3 is 15.1 Å². The number of carbonyl (C=O) groups is 2. The maximum absolute atomic E-state index is 12.5. The number of hydrogen-bond donors (Lipinski definition) is 2. The van der Waals surface area contributed by atoms with Crippen molar-refractivity contribution in [1.82, 2.24) is 15.1 Å². The number of hydrogen-bond acceptors (Lipinski definition) is 4. The molecule has 0 saturated carbocycles. The standard InChI is InChI=1S/C17H14Cl2N4O3/c1-23-9-14(21-16(24)12-5-4-10(18)7-13(12)19)15(22-23)17(25)20-8-11-3-2-6-26-11/h2-7,9H,8H2,1H3,(H,20,25)(H,21,24). The fraction of sp³-hybridized carbons (Fsp3) is 0.118. The summed E-state index contributed by atoms with van der Waals surface area (Å²) in [5, 5.41) is 10.1. The number of nitrogens with zero attached hydrogens (tertiary/aromatic N) is 2. The average Bonchev–Trinajstić information content (AvgIpc) is 3.22. The Morgan fingerprint density at radius 1 is 1.23 bits per heavy atom. The summed E-state index contributed by atoms with van der Waals surface area (Å²) in [6.07, 6.45) is 3.05. The van der Waals surface area contributed by atoms with Crippen LogP contribution in [0.5, 0.6) is 0 Å². The van der Waals surface area contributed by atoms with Crippen molar-refractivity contribution in [3.05, 3.63) is 69.9 Å². The van der Waals surface area contributed by atoms with Crippen molar-refractivity contribution in [2.45, 2.75) is 6.54 Å². The van der Waals surface area contributed by atoms with Crippen LogP contribution in [0.4, 0.5) is 5.69 Å². The Labute approximate surface area is 158 Å². The van der Waals surface area contributed by atoms with Crippen LogP contribution in [0.1, 0.15) is 26.6 Å². The van der Waals surface area contributed by atoms with E-state index in [1.165, 1.54) is 29.3 Å². The van der Waals surface area contributed by atoms with Crippen molar-refractivity contribution in [2.24, 2.45) is 7.05 Å². The van der Waals surface area contributed by atoms with E-state index < -0.39 is 11.8 Å². The smallest absolute Gasteiger partial charge is 0.274 e. The number of benzene rings is 1. The summed E-state index contributed by atoms with van der Waals surface area (Å²) >= 11 is 11.9. The molecule has 134 valence electrons. The maximum atomic E-state index is 12.5. The van der Waals surface area contributed by atoms with E-state index in [9.17, 15) is 9.59 Å². The minimum atomic E-state index is -0.472. The molecule has 0 unspecified atom stereocenters. The molecule has 9 heteroatoms.